The molecule has 0 radical (unpaired) electrons. The smallest absolute Gasteiger partial charge is 0.229 e. The molecule has 0 bridgehead atoms. The molecular formula is C19H20N4O3. The third kappa shape index (κ3) is 3.43. The van der Waals surface area contributed by atoms with Crippen LogP contribution in [0, 0.1) is 11.8 Å². The molecule has 7 heteroatoms. The van der Waals surface area contributed by atoms with Gasteiger partial charge in [0.15, 0.2) is 12.2 Å². The maximum absolute atomic E-state index is 12.5. The Morgan fingerprint density at radius 2 is 2.08 bits per heavy atom. The van der Waals surface area contributed by atoms with Crippen molar-refractivity contribution in [3.63, 3.8) is 0 Å². The molecular weight excluding hydrogens is 332 g/mol. The van der Waals surface area contributed by atoms with E-state index in [2.05, 4.69) is 20.3 Å². The molecule has 1 saturated carbocycles. The van der Waals surface area contributed by atoms with Crippen LogP contribution in [0.4, 0.5) is 5.95 Å². The number of oxazole rings is 1. The second-order valence-corrected chi connectivity index (χ2v) is 6.72. The molecule has 0 unspecified atom stereocenters. The predicted octanol–water partition coefficient (Wildman–Crippen LogP) is 3.02. The van der Waals surface area contributed by atoms with E-state index < -0.39 is 0 Å². The number of aliphatic hydroxyl groups is 1. The van der Waals surface area contributed by atoms with Gasteiger partial charge in [0, 0.05) is 29.7 Å². The number of hydrogen-bond acceptors (Lipinski definition) is 6. The normalized spacial score (nSPS) is 20.2. The third-order valence-corrected chi connectivity index (χ3v) is 5.01. The molecule has 3 aromatic rings. The van der Waals surface area contributed by atoms with E-state index in [1.54, 1.807) is 12.4 Å². The fourth-order valence-corrected chi connectivity index (χ4v) is 3.41. The second kappa shape index (κ2) is 7.21. The molecule has 0 saturated heterocycles. The van der Waals surface area contributed by atoms with Gasteiger partial charge in [0.25, 0.3) is 0 Å². The maximum atomic E-state index is 12.5. The fraction of sp³-hybridized carbons (Fsp3) is 0.368. The highest BCUT2D eigenvalue weighted by atomic mass is 16.3. The Balaban J connectivity index is 1.50. The van der Waals surface area contributed by atoms with E-state index in [0.29, 0.717) is 17.6 Å². The highest BCUT2D eigenvalue weighted by molar-refractivity contribution is 5.92. The second-order valence-electron chi connectivity index (χ2n) is 6.72. The number of anilines is 1. The molecule has 134 valence electrons. The van der Waals surface area contributed by atoms with Gasteiger partial charge in [0.2, 0.25) is 11.9 Å². The van der Waals surface area contributed by atoms with Crippen molar-refractivity contribution in [3.05, 3.63) is 37.0 Å². The van der Waals surface area contributed by atoms with Gasteiger partial charge >= 0.3 is 0 Å². The number of rotatable bonds is 4. The molecule has 2 N–H and O–H groups in total. The van der Waals surface area contributed by atoms with Gasteiger partial charge in [-0.15, -0.1) is 0 Å². The summed E-state index contributed by atoms with van der Waals surface area (Å²) in [6.45, 7) is 0.204. The topological polar surface area (TPSA) is 101 Å². The summed E-state index contributed by atoms with van der Waals surface area (Å²) < 4.78 is 5.32. The molecule has 1 aliphatic carbocycles. The van der Waals surface area contributed by atoms with Crippen molar-refractivity contribution in [2.24, 2.45) is 11.8 Å². The van der Waals surface area contributed by atoms with Crippen LogP contribution in [0.1, 0.15) is 25.7 Å². The van der Waals surface area contributed by atoms with E-state index in [-0.39, 0.29) is 18.4 Å². The molecule has 1 amide bonds. The van der Waals surface area contributed by atoms with Gasteiger partial charge in [-0.1, -0.05) is 12.1 Å². The minimum absolute atomic E-state index is 0.0439. The predicted molar refractivity (Wildman–Crippen MR) is 96.2 cm³/mol. The van der Waals surface area contributed by atoms with Crippen LogP contribution in [0.25, 0.3) is 22.2 Å². The van der Waals surface area contributed by atoms with Crippen molar-refractivity contribution < 1.29 is 14.3 Å². The number of carbonyl (C=O) groups is 1. The van der Waals surface area contributed by atoms with Crippen molar-refractivity contribution in [1.29, 1.82) is 0 Å². The van der Waals surface area contributed by atoms with E-state index in [4.69, 9.17) is 4.42 Å². The Hall–Kier alpha value is -2.80. The first-order chi connectivity index (χ1) is 12.7. The molecule has 1 aliphatic rings. The van der Waals surface area contributed by atoms with Gasteiger partial charge in [-0.2, -0.15) is 0 Å². The van der Waals surface area contributed by atoms with Crippen LogP contribution in [0.3, 0.4) is 0 Å². The molecule has 2 aromatic heterocycles. The number of nitrogens with one attached hydrogen (secondary N) is 1. The van der Waals surface area contributed by atoms with Crippen LogP contribution in [0.2, 0.25) is 0 Å². The monoisotopic (exact) mass is 352 g/mol. The summed E-state index contributed by atoms with van der Waals surface area (Å²) in [6.07, 6.45) is 8.08. The maximum Gasteiger partial charge on any atom is 0.229 e. The standard InChI is InChI=1S/C19H20N4O3/c24-10-12-1-3-13(4-2-12)18(25)23-19-21-8-15-6-5-14(7-16(15)22-19)17-9-20-11-26-17/h5-9,11-13,24H,1-4,10H2,(H,21,22,23,25). The highest BCUT2D eigenvalue weighted by Crippen LogP contribution is 2.29. The largest absolute Gasteiger partial charge is 0.444 e. The quantitative estimate of drug-likeness (QED) is 0.748. The van der Waals surface area contributed by atoms with Gasteiger partial charge in [-0.25, -0.2) is 15.0 Å². The number of aliphatic hydroxyl groups excluding tert-OH is 1. The minimum Gasteiger partial charge on any atom is -0.444 e. The summed E-state index contributed by atoms with van der Waals surface area (Å²) in [5.41, 5.74) is 1.60. The molecule has 0 spiro atoms. The first-order valence-corrected chi connectivity index (χ1v) is 8.80. The molecule has 1 aromatic carbocycles. The van der Waals surface area contributed by atoms with Gasteiger partial charge in [-0.05, 0) is 37.7 Å². The SMILES string of the molecule is O=C(Nc1ncc2ccc(-c3cnco3)cc2n1)C1CCC(CO)CC1. The summed E-state index contributed by atoms with van der Waals surface area (Å²) in [5.74, 6) is 1.20. The lowest BCUT2D eigenvalue weighted by molar-refractivity contribution is -0.121. The zero-order valence-corrected chi connectivity index (χ0v) is 14.3. The Bertz CT molecular complexity index is 902. The molecule has 2 heterocycles. The number of amides is 1. The van der Waals surface area contributed by atoms with E-state index in [1.807, 2.05) is 18.2 Å². The lowest BCUT2D eigenvalue weighted by Crippen LogP contribution is -2.28. The number of benzene rings is 1. The van der Waals surface area contributed by atoms with Crippen molar-refractivity contribution in [2.75, 3.05) is 11.9 Å². The summed E-state index contributed by atoms with van der Waals surface area (Å²) in [5, 5.41) is 12.9. The third-order valence-electron chi connectivity index (χ3n) is 5.01. The van der Waals surface area contributed by atoms with Gasteiger partial charge in [0.05, 0.1) is 11.7 Å². The van der Waals surface area contributed by atoms with E-state index in [1.165, 1.54) is 6.39 Å². The van der Waals surface area contributed by atoms with Gasteiger partial charge in [0.1, 0.15) is 0 Å². The molecule has 0 atom stereocenters. The average molecular weight is 352 g/mol. The summed E-state index contributed by atoms with van der Waals surface area (Å²) in [6, 6.07) is 5.72. The van der Waals surface area contributed by atoms with Crippen molar-refractivity contribution in [3.8, 4) is 11.3 Å². The number of fused-ring (bicyclic) bond motifs is 1. The first-order valence-electron chi connectivity index (χ1n) is 8.80. The van der Waals surface area contributed by atoms with Crippen LogP contribution in [-0.4, -0.2) is 32.6 Å². The Labute approximate surface area is 150 Å². The fourth-order valence-electron chi connectivity index (χ4n) is 3.41. The molecule has 4 rings (SSSR count). The number of carbonyl (C=O) groups excluding carboxylic acids is 1. The molecule has 7 nitrogen and oxygen atoms in total. The number of aromatic nitrogens is 3. The lowest BCUT2D eigenvalue weighted by Gasteiger charge is -2.26. The first kappa shape index (κ1) is 16.7. The zero-order valence-electron chi connectivity index (χ0n) is 14.3. The lowest BCUT2D eigenvalue weighted by atomic mass is 9.82. The van der Waals surface area contributed by atoms with Crippen LogP contribution in [-0.2, 0) is 4.79 Å². The zero-order chi connectivity index (χ0) is 17.9. The number of hydrogen-bond donors (Lipinski definition) is 2. The van der Waals surface area contributed by atoms with E-state index in [0.717, 1.165) is 42.1 Å². The Morgan fingerprint density at radius 3 is 2.81 bits per heavy atom. The van der Waals surface area contributed by atoms with E-state index in [9.17, 15) is 9.90 Å². The van der Waals surface area contributed by atoms with Crippen LogP contribution in [0.15, 0.2) is 41.4 Å². The van der Waals surface area contributed by atoms with Gasteiger partial charge in [-0.3, -0.25) is 10.1 Å². The molecule has 0 aliphatic heterocycles. The van der Waals surface area contributed by atoms with Crippen molar-refractivity contribution in [1.82, 2.24) is 15.0 Å². The van der Waals surface area contributed by atoms with E-state index >= 15 is 0 Å². The highest BCUT2D eigenvalue weighted by Gasteiger charge is 2.26. The van der Waals surface area contributed by atoms with Crippen LogP contribution < -0.4 is 5.32 Å². The average Bonchev–Trinajstić information content (AvgIpc) is 3.22. The Morgan fingerprint density at radius 1 is 1.23 bits per heavy atom. The Kier molecular flexibility index (Phi) is 4.62. The van der Waals surface area contributed by atoms with Crippen LogP contribution in [0.5, 0.6) is 0 Å². The summed E-state index contributed by atoms with van der Waals surface area (Å²) >= 11 is 0. The molecule has 26 heavy (non-hydrogen) atoms. The molecule has 1 fully saturated rings. The van der Waals surface area contributed by atoms with Gasteiger partial charge < -0.3 is 9.52 Å². The van der Waals surface area contributed by atoms with Crippen molar-refractivity contribution >= 4 is 22.8 Å². The number of nitrogens with zero attached hydrogens (tertiary/aromatic N) is 3. The van der Waals surface area contributed by atoms with Crippen LogP contribution >= 0.6 is 0 Å². The minimum atomic E-state index is -0.0490. The summed E-state index contributed by atoms with van der Waals surface area (Å²) in [7, 11) is 0. The summed E-state index contributed by atoms with van der Waals surface area (Å²) in [4.78, 5) is 25.1. The van der Waals surface area contributed by atoms with Crippen molar-refractivity contribution in [2.45, 2.75) is 25.7 Å².